The highest BCUT2D eigenvalue weighted by Gasteiger charge is 2.24. The minimum Gasteiger partial charge on any atom is -0.350 e. The molecule has 0 aliphatic heterocycles. The Labute approximate surface area is 194 Å². The van der Waals surface area contributed by atoms with E-state index in [-0.39, 0.29) is 0 Å². The van der Waals surface area contributed by atoms with Crippen LogP contribution in [0.2, 0.25) is 10.0 Å². The normalized spacial score (nSPS) is 15.2. The van der Waals surface area contributed by atoms with Crippen molar-refractivity contribution < 1.29 is 0 Å². The Morgan fingerprint density at radius 3 is 2.43 bits per heavy atom. The maximum absolute atomic E-state index is 6.20. The van der Waals surface area contributed by atoms with Crippen LogP contribution in [0.15, 0.2) is 48.7 Å². The highest BCUT2D eigenvalue weighted by Crippen LogP contribution is 2.29. The van der Waals surface area contributed by atoms with E-state index in [0.29, 0.717) is 16.1 Å². The SMILES string of the molecule is Cn1cc(CN(C(=S)Nc2cc(Cl)cc(Cl)c2)C2CCCCCC2)c2ccccc21. The average molecular weight is 460 g/mol. The third kappa shape index (κ3) is 4.93. The Hall–Kier alpha value is -1.75. The van der Waals surface area contributed by atoms with Gasteiger partial charge in [-0.15, -0.1) is 0 Å². The summed E-state index contributed by atoms with van der Waals surface area (Å²) < 4.78 is 2.20. The summed E-state index contributed by atoms with van der Waals surface area (Å²) >= 11 is 18.3. The summed E-state index contributed by atoms with van der Waals surface area (Å²) in [6, 6.07) is 14.4. The number of fused-ring (bicyclic) bond motifs is 1. The second kappa shape index (κ2) is 9.59. The summed E-state index contributed by atoms with van der Waals surface area (Å²) in [6.07, 6.45) is 9.69. The van der Waals surface area contributed by atoms with E-state index in [1.165, 1.54) is 55.0 Å². The molecule has 6 heteroatoms. The predicted octanol–water partition coefficient (Wildman–Crippen LogP) is 7.41. The Balaban J connectivity index is 1.64. The molecule has 0 radical (unpaired) electrons. The van der Waals surface area contributed by atoms with Gasteiger partial charge in [-0.3, -0.25) is 0 Å². The molecule has 4 rings (SSSR count). The third-order valence-electron chi connectivity index (χ3n) is 5.96. The van der Waals surface area contributed by atoms with Crippen molar-refractivity contribution in [3.05, 3.63) is 64.3 Å². The summed E-state index contributed by atoms with van der Waals surface area (Å²) in [5, 5.41) is 6.61. The van der Waals surface area contributed by atoms with Crippen LogP contribution in [0.4, 0.5) is 5.69 Å². The Kier molecular flexibility index (Phi) is 6.87. The zero-order valence-electron chi connectivity index (χ0n) is 17.2. The number of rotatable bonds is 4. The number of nitrogens with zero attached hydrogens (tertiary/aromatic N) is 2. The maximum Gasteiger partial charge on any atom is 0.173 e. The van der Waals surface area contributed by atoms with E-state index >= 15 is 0 Å². The number of anilines is 1. The molecule has 0 amide bonds. The van der Waals surface area contributed by atoms with Crippen molar-refractivity contribution in [2.24, 2.45) is 7.05 Å². The standard InChI is InChI=1S/C24H27Cl2N3S/c1-28-15-17(22-10-6-7-11-23(22)28)16-29(21-8-4-2-3-5-9-21)24(30)27-20-13-18(25)12-19(26)14-20/h6-7,10-15,21H,2-5,8-9,16H2,1H3,(H,27,30). The van der Waals surface area contributed by atoms with Gasteiger partial charge in [0.2, 0.25) is 0 Å². The van der Waals surface area contributed by atoms with Crippen LogP contribution in [-0.2, 0) is 13.6 Å². The predicted molar refractivity (Wildman–Crippen MR) is 133 cm³/mol. The summed E-state index contributed by atoms with van der Waals surface area (Å²) in [4.78, 5) is 2.37. The second-order valence-corrected chi connectivity index (χ2v) is 9.40. The number of halogens is 2. The van der Waals surface area contributed by atoms with Crippen LogP contribution in [0, 0.1) is 0 Å². The Bertz CT molecular complexity index is 1020. The molecule has 3 nitrogen and oxygen atoms in total. The first-order chi connectivity index (χ1) is 14.5. The molecule has 0 bridgehead atoms. The van der Waals surface area contributed by atoms with Crippen LogP contribution in [0.1, 0.15) is 44.1 Å². The average Bonchev–Trinajstić information content (AvgIpc) is 2.87. The molecule has 1 aliphatic rings. The van der Waals surface area contributed by atoms with Gasteiger partial charge in [-0.1, -0.05) is 67.1 Å². The third-order valence-corrected chi connectivity index (χ3v) is 6.73. The maximum atomic E-state index is 6.20. The molecule has 30 heavy (non-hydrogen) atoms. The van der Waals surface area contributed by atoms with Gasteiger partial charge in [0.25, 0.3) is 0 Å². The molecule has 1 saturated carbocycles. The lowest BCUT2D eigenvalue weighted by atomic mass is 10.1. The minimum absolute atomic E-state index is 0.432. The van der Waals surface area contributed by atoms with Crippen molar-refractivity contribution >= 4 is 57.1 Å². The molecule has 1 heterocycles. The summed E-state index contributed by atoms with van der Waals surface area (Å²) in [5.74, 6) is 0. The van der Waals surface area contributed by atoms with Crippen LogP contribution in [0.25, 0.3) is 10.9 Å². The number of thiocarbonyl (C=S) groups is 1. The van der Waals surface area contributed by atoms with E-state index in [1.807, 2.05) is 12.1 Å². The number of aromatic nitrogens is 1. The lowest BCUT2D eigenvalue weighted by Crippen LogP contribution is -2.42. The summed E-state index contributed by atoms with van der Waals surface area (Å²) in [5.41, 5.74) is 3.37. The van der Waals surface area contributed by atoms with Crippen molar-refractivity contribution in [1.29, 1.82) is 0 Å². The highest BCUT2D eigenvalue weighted by molar-refractivity contribution is 7.80. The largest absolute Gasteiger partial charge is 0.350 e. The molecule has 1 fully saturated rings. The molecule has 3 aromatic rings. The van der Waals surface area contributed by atoms with Gasteiger partial charge < -0.3 is 14.8 Å². The fraction of sp³-hybridized carbons (Fsp3) is 0.375. The first-order valence-electron chi connectivity index (χ1n) is 10.6. The van der Waals surface area contributed by atoms with Gasteiger partial charge in [0, 0.05) is 52.5 Å². The van der Waals surface area contributed by atoms with Crippen molar-refractivity contribution in [3.63, 3.8) is 0 Å². The highest BCUT2D eigenvalue weighted by atomic mass is 35.5. The molecular formula is C24H27Cl2N3S. The molecule has 158 valence electrons. The van der Waals surface area contributed by atoms with E-state index < -0.39 is 0 Å². The quantitative estimate of drug-likeness (QED) is 0.323. The van der Waals surface area contributed by atoms with Gasteiger partial charge in [-0.05, 0) is 54.9 Å². The number of hydrogen-bond donors (Lipinski definition) is 1. The molecule has 1 aliphatic carbocycles. The summed E-state index contributed by atoms with van der Waals surface area (Å²) in [6.45, 7) is 0.784. The van der Waals surface area contributed by atoms with Gasteiger partial charge in [-0.25, -0.2) is 0 Å². The molecule has 0 atom stereocenters. The first kappa shape index (κ1) is 21.5. The molecule has 0 spiro atoms. The molecule has 0 unspecified atom stereocenters. The topological polar surface area (TPSA) is 20.2 Å². The van der Waals surface area contributed by atoms with Gasteiger partial charge in [0.1, 0.15) is 0 Å². The first-order valence-corrected chi connectivity index (χ1v) is 11.7. The van der Waals surface area contributed by atoms with E-state index in [2.05, 4.69) is 52.3 Å². The van der Waals surface area contributed by atoms with Crippen molar-refractivity contribution in [2.75, 3.05) is 5.32 Å². The van der Waals surface area contributed by atoms with Crippen LogP contribution in [0.3, 0.4) is 0 Å². The zero-order valence-corrected chi connectivity index (χ0v) is 19.5. The fourth-order valence-corrected chi connectivity index (χ4v) is 5.35. The zero-order chi connectivity index (χ0) is 21.1. The molecule has 0 saturated heterocycles. The van der Waals surface area contributed by atoms with Gasteiger partial charge in [0.15, 0.2) is 5.11 Å². The van der Waals surface area contributed by atoms with Gasteiger partial charge in [-0.2, -0.15) is 0 Å². The van der Waals surface area contributed by atoms with Crippen LogP contribution in [-0.4, -0.2) is 20.6 Å². The van der Waals surface area contributed by atoms with E-state index in [4.69, 9.17) is 35.4 Å². The molecule has 2 aromatic carbocycles. The van der Waals surface area contributed by atoms with E-state index in [1.54, 1.807) is 6.07 Å². The lowest BCUT2D eigenvalue weighted by Gasteiger charge is -2.34. The fourth-order valence-electron chi connectivity index (χ4n) is 4.49. The Morgan fingerprint density at radius 1 is 1.07 bits per heavy atom. The minimum atomic E-state index is 0.432. The molecular weight excluding hydrogens is 433 g/mol. The van der Waals surface area contributed by atoms with Gasteiger partial charge >= 0.3 is 0 Å². The number of aryl methyl sites for hydroxylation is 1. The number of nitrogens with one attached hydrogen (secondary N) is 1. The van der Waals surface area contributed by atoms with E-state index in [9.17, 15) is 0 Å². The van der Waals surface area contributed by atoms with Crippen LogP contribution in [0.5, 0.6) is 0 Å². The second-order valence-electron chi connectivity index (χ2n) is 8.14. The Morgan fingerprint density at radius 2 is 1.73 bits per heavy atom. The number of benzene rings is 2. The number of hydrogen-bond acceptors (Lipinski definition) is 1. The van der Waals surface area contributed by atoms with Crippen LogP contribution >= 0.6 is 35.4 Å². The monoisotopic (exact) mass is 459 g/mol. The van der Waals surface area contributed by atoms with Crippen molar-refractivity contribution in [2.45, 2.75) is 51.1 Å². The van der Waals surface area contributed by atoms with E-state index in [0.717, 1.165) is 17.3 Å². The van der Waals surface area contributed by atoms with Crippen LogP contribution < -0.4 is 5.32 Å². The number of para-hydroxylation sites is 1. The summed E-state index contributed by atoms with van der Waals surface area (Å²) in [7, 11) is 2.10. The van der Waals surface area contributed by atoms with Gasteiger partial charge in [0.05, 0.1) is 0 Å². The van der Waals surface area contributed by atoms with Crippen molar-refractivity contribution in [3.8, 4) is 0 Å². The van der Waals surface area contributed by atoms with Crippen molar-refractivity contribution in [1.82, 2.24) is 9.47 Å². The molecule has 1 N–H and O–H groups in total. The lowest BCUT2D eigenvalue weighted by molar-refractivity contribution is 0.281. The smallest absolute Gasteiger partial charge is 0.173 e. The molecule has 1 aromatic heterocycles.